The van der Waals surface area contributed by atoms with Crippen LogP contribution in [-0.2, 0) is 22.6 Å². The van der Waals surface area contributed by atoms with Gasteiger partial charge < -0.3 is 14.6 Å². The molecule has 1 amide bonds. The Bertz CT molecular complexity index is 539. The van der Waals surface area contributed by atoms with Gasteiger partial charge in [-0.05, 0) is 13.3 Å². The minimum atomic E-state index is -0.147. The molecular formula is C14H21N3O3. The number of ether oxygens (including phenoxy) is 1. The molecule has 110 valence electrons. The summed E-state index contributed by atoms with van der Waals surface area (Å²) < 4.78 is 5.37. The molecule has 0 aliphatic carbocycles. The third-order valence-corrected chi connectivity index (χ3v) is 3.38. The van der Waals surface area contributed by atoms with Crippen LogP contribution < -0.4 is 5.56 Å². The summed E-state index contributed by atoms with van der Waals surface area (Å²) in [6.45, 7) is 5.28. The summed E-state index contributed by atoms with van der Waals surface area (Å²) in [6, 6.07) is 0. The lowest BCUT2D eigenvalue weighted by Gasteiger charge is -2.14. The summed E-state index contributed by atoms with van der Waals surface area (Å²) in [5.74, 6) is 0.496. The summed E-state index contributed by atoms with van der Waals surface area (Å²) in [6.07, 6.45) is 3.22. The Kier molecular flexibility index (Phi) is 4.89. The van der Waals surface area contributed by atoms with Crippen LogP contribution in [0.15, 0.2) is 4.79 Å². The van der Waals surface area contributed by atoms with Crippen molar-refractivity contribution in [1.82, 2.24) is 14.9 Å². The lowest BCUT2D eigenvalue weighted by molar-refractivity contribution is -0.136. The Balaban J connectivity index is 1.86. The zero-order valence-electron chi connectivity index (χ0n) is 12.1. The van der Waals surface area contributed by atoms with Crippen molar-refractivity contribution in [2.24, 2.45) is 0 Å². The lowest BCUT2D eigenvalue weighted by atomic mass is 10.3. The molecule has 0 unspecified atom stereocenters. The normalized spacial score (nSPS) is 13.6. The van der Waals surface area contributed by atoms with Crippen molar-refractivity contribution < 1.29 is 9.53 Å². The number of H-pyrrole nitrogens is 1. The molecule has 0 radical (unpaired) electrons. The van der Waals surface area contributed by atoms with Gasteiger partial charge >= 0.3 is 0 Å². The van der Waals surface area contributed by atoms with Crippen LogP contribution >= 0.6 is 0 Å². The van der Waals surface area contributed by atoms with Crippen molar-refractivity contribution in [3.63, 3.8) is 0 Å². The van der Waals surface area contributed by atoms with E-state index in [1.54, 1.807) is 11.8 Å². The molecule has 2 heterocycles. The highest BCUT2D eigenvalue weighted by Crippen LogP contribution is 2.17. The van der Waals surface area contributed by atoms with Gasteiger partial charge in [0, 0.05) is 6.61 Å². The van der Waals surface area contributed by atoms with E-state index >= 15 is 0 Å². The topological polar surface area (TPSA) is 75.3 Å². The number of carbonyl (C=O) groups excluding carboxylic acids is 1. The van der Waals surface area contributed by atoms with Crippen LogP contribution in [0.4, 0.5) is 0 Å². The molecule has 20 heavy (non-hydrogen) atoms. The molecule has 1 aliphatic rings. The van der Waals surface area contributed by atoms with E-state index in [0.717, 1.165) is 19.3 Å². The van der Waals surface area contributed by atoms with Gasteiger partial charge in [-0.3, -0.25) is 9.59 Å². The number of hydrogen-bond donors (Lipinski definition) is 1. The number of nitrogens with zero attached hydrogens (tertiary/aromatic N) is 2. The first-order valence-electron chi connectivity index (χ1n) is 7.06. The Hall–Kier alpha value is -1.69. The van der Waals surface area contributed by atoms with Gasteiger partial charge in [-0.25, -0.2) is 4.98 Å². The molecule has 1 aliphatic heterocycles. The first kappa shape index (κ1) is 14.7. The molecule has 0 saturated heterocycles. The fourth-order valence-electron chi connectivity index (χ4n) is 2.27. The van der Waals surface area contributed by atoms with E-state index in [1.165, 1.54) is 0 Å². The van der Waals surface area contributed by atoms with Gasteiger partial charge in [-0.15, -0.1) is 0 Å². The maximum Gasteiger partial charge on any atom is 0.256 e. The molecule has 6 nitrogen and oxygen atoms in total. The molecule has 6 heteroatoms. The van der Waals surface area contributed by atoms with Crippen molar-refractivity contribution in [2.45, 2.75) is 46.2 Å². The van der Waals surface area contributed by atoms with Gasteiger partial charge in [0.05, 0.1) is 24.3 Å². The standard InChI is InChI=1S/C14H21N3O3/c1-3-4-5-6-20-9-13(18)17-7-11-12(8-17)15-10(2)16-14(11)19/h3-9H2,1-2H3,(H,15,16,19). The third-order valence-electron chi connectivity index (χ3n) is 3.38. The molecule has 0 fully saturated rings. The minimum Gasteiger partial charge on any atom is -0.372 e. The van der Waals surface area contributed by atoms with E-state index in [2.05, 4.69) is 16.9 Å². The van der Waals surface area contributed by atoms with Crippen LogP contribution in [0.2, 0.25) is 0 Å². The third kappa shape index (κ3) is 3.45. The Morgan fingerprint density at radius 1 is 1.40 bits per heavy atom. The van der Waals surface area contributed by atoms with Crippen molar-refractivity contribution in [3.05, 3.63) is 27.4 Å². The van der Waals surface area contributed by atoms with E-state index < -0.39 is 0 Å². The average molecular weight is 279 g/mol. The first-order valence-corrected chi connectivity index (χ1v) is 7.06. The van der Waals surface area contributed by atoms with Crippen LogP contribution in [0.25, 0.3) is 0 Å². The number of unbranched alkanes of at least 4 members (excludes halogenated alkanes) is 2. The highest BCUT2D eigenvalue weighted by Gasteiger charge is 2.26. The molecule has 1 aromatic rings. The van der Waals surface area contributed by atoms with E-state index in [1.807, 2.05) is 0 Å². The van der Waals surface area contributed by atoms with Crippen LogP contribution in [0.5, 0.6) is 0 Å². The smallest absolute Gasteiger partial charge is 0.256 e. The van der Waals surface area contributed by atoms with Gasteiger partial charge in [0.2, 0.25) is 5.91 Å². The highest BCUT2D eigenvalue weighted by molar-refractivity contribution is 5.78. The maximum absolute atomic E-state index is 12.0. The van der Waals surface area contributed by atoms with Gasteiger partial charge in [0.15, 0.2) is 0 Å². The lowest BCUT2D eigenvalue weighted by Crippen LogP contribution is -2.30. The number of rotatable bonds is 6. The Morgan fingerprint density at radius 3 is 2.95 bits per heavy atom. The molecule has 1 N–H and O–H groups in total. The molecule has 0 spiro atoms. The monoisotopic (exact) mass is 279 g/mol. The zero-order chi connectivity index (χ0) is 14.5. The molecule has 2 rings (SSSR count). The van der Waals surface area contributed by atoms with Crippen LogP contribution in [0.1, 0.15) is 43.3 Å². The summed E-state index contributed by atoms with van der Waals surface area (Å²) >= 11 is 0. The Labute approximate surface area is 118 Å². The Morgan fingerprint density at radius 2 is 2.20 bits per heavy atom. The summed E-state index contributed by atoms with van der Waals surface area (Å²) in [5.41, 5.74) is 1.15. The predicted molar refractivity (Wildman–Crippen MR) is 74.2 cm³/mol. The van der Waals surface area contributed by atoms with Crippen molar-refractivity contribution in [1.29, 1.82) is 0 Å². The van der Waals surface area contributed by atoms with Gasteiger partial charge in [-0.2, -0.15) is 0 Å². The highest BCUT2D eigenvalue weighted by atomic mass is 16.5. The first-order chi connectivity index (χ1) is 9.61. The average Bonchev–Trinajstić information content (AvgIpc) is 2.82. The van der Waals surface area contributed by atoms with E-state index in [4.69, 9.17) is 4.74 Å². The number of carbonyl (C=O) groups is 1. The quantitative estimate of drug-likeness (QED) is 0.792. The number of nitrogens with one attached hydrogen (secondary N) is 1. The SMILES string of the molecule is CCCCCOCC(=O)N1Cc2nc(C)[nH]c(=O)c2C1. The fourth-order valence-corrected chi connectivity index (χ4v) is 2.27. The molecule has 0 saturated carbocycles. The molecular weight excluding hydrogens is 258 g/mol. The summed E-state index contributed by atoms with van der Waals surface area (Å²) in [5, 5.41) is 0. The zero-order valence-corrected chi connectivity index (χ0v) is 12.1. The summed E-state index contributed by atoms with van der Waals surface area (Å²) in [4.78, 5) is 32.3. The largest absolute Gasteiger partial charge is 0.372 e. The second-order valence-corrected chi connectivity index (χ2v) is 5.09. The van der Waals surface area contributed by atoms with Gasteiger partial charge in [-0.1, -0.05) is 19.8 Å². The van der Waals surface area contributed by atoms with Crippen molar-refractivity contribution >= 4 is 5.91 Å². The number of fused-ring (bicyclic) bond motifs is 1. The van der Waals surface area contributed by atoms with Crippen LogP contribution in [0, 0.1) is 6.92 Å². The van der Waals surface area contributed by atoms with Crippen LogP contribution in [0.3, 0.4) is 0 Å². The van der Waals surface area contributed by atoms with E-state index in [9.17, 15) is 9.59 Å². The second-order valence-electron chi connectivity index (χ2n) is 5.09. The number of aromatic nitrogens is 2. The fraction of sp³-hybridized carbons (Fsp3) is 0.643. The maximum atomic E-state index is 12.0. The minimum absolute atomic E-state index is 0.0780. The molecule has 0 atom stereocenters. The number of hydrogen-bond acceptors (Lipinski definition) is 4. The van der Waals surface area contributed by atoms with Crippen molar-refractivity contribution in [2.75, 3.05) is 13.2 Å². The number of amides is 1. The van der Waals surface area contributed by atoms with Gasteiger partial charge in [0.25, 0.3) is 5.56 Å². The van der Waals surface area contributed by atoms with Gasteiger partial charge in [0.1, 0.15) is 12.4 Å². The van der Waals surface area contributed by atoms with Crippen molar-refractivity contribution in [3.8, 4) is 0 Å². The van der Waals surface area contributed by atoms with Crippen LogP contribution in [-0.4, -0.2) is 34.0 Å². The van der Waals surface area contributed by atoms with E-state index in [0.29, 0.717) is 36.8 Å². The van der Waals surface area contributed by atoms with E-state index in [-0.39, 0.29) is 18.1 Å². The number of aromatic amines is 1. The molecule has 0 aromatic carbocycles. The predicted octanol–water partition coefficient (Wildman–Crippen LogP) is 1.13. The summed E-state index contributed by atoms with van der Waals surface area (Å²) in [7, 11) is 0. The second kappa shape index (κ2) is 6.65. The molecule has 1 aromatic heterocycles. The number of aryl methyl sites for hydroxylation is 1. The molecule has 0 bridgehead atoms.